The molecule has 0 spiro atoms. The SMILES string of the molecule is CCC1CC1(CC)c1cc(Cl)c(N)cc1C. The molecule has 0 aromatic heterocycles. The van der Waals surface area contributed by atoms with Crippen molar-refractivity contribution in [1.82, 2.24) is 0 Å². The summed E-state index contributed by atoms with van der Waals surface area (Å²) >= 11 is 6.14. The number of benzene rings is 1. The van der Waals surface area contributed by atoms with E-state index in [1.807, 2.05) is 6.07 Å². The highest BCUT2D eigenvalue weighted by molar-refractivity contribution is 6.33. The van der Waals surface area contributed by atoms with E-state index in [1.165, 1.54) is 30.4 Å². The normalized spacial score (nSPS) is 28.1. The molecule has 2 rings (SSSR count). The van der Waals surface area contributed by atoms with Crippen LogP contribution in [0.5, 0.6) is 0 Å². The number of hydrogen-bond donors (Lipinski definition) is 1. The van der Waals surface area contributed by atoms with Gasteiger partial charge in [0.15, 0.2) is 0 Å². The van der Waals surface area contributed by atoms with Crippen molar-refractivity contribution in [2.24, 2.45) is 5.92 Å². The van der Waals surface area contributed by atoms with Gasteiger partial charge in [-0.1, -0.05) is 31.9 Å². The quantitative estimate of drug-likeness (QED) is 0.779. The van der Waals surface area contributed by atoms with Crippen molar-refractivity contribution >= 4 is 17.3 Å². The van der Waals surface area contributed by atoms with E-state index in [2.05, 4.69) is 26.8 Å². The molecule has 1 saturated carbocycles. The molecule has 2 atom stereocenters. The van der Waals surface area contributed by atoms with Crippen LogP contribution in [0.15, 0.2) is 12.1 Å². The molecule has 0 heterocycles. The fraction of sp³-hybridized carbons (Fsp3) is 0.571. The van der Waals surface area contributed by atoms with Crippen molar-refractivity contribution in [2.45, 2.75) is 45.4 Å². The molecule has 16 heavy (non-hydrogen) atoms. The van der Waals surface area contributed by atoms with Crippen LogP contribution in [0.3, 0.4) is 0 Å². The van der Waals surface area contributed by atoms with Crippen LogP contribution in [0.1, 0.15) is 44.2 Å². The van der Waals surface area contributed by atoms with E-state index in [0.29, 0.717) is 16.1 Å². The fourth-order valence-electron chi connectivity index (χ4n) is 3.11. The molecule has 2 heteroatoms. The van der Waals surface area contributed by atoms with Crippen LogP contribution in [-0.4, -0.2) is 0 Å². The third kappa shape index (κ3) is 1.62. The zero-order chi connectivity index (χ0) is 11.9. The molecule has 88 valence electrons. The average Bonchev–Trinajstić information content (AvgIpc) is 2.98. The van der Waals surface area contributed by atoms with Crippen LogP contribution < -0.4 is 5.73 Å². The predicted molar refractivity (Wildman–Crippen MR) is 71.0 cm³/mol. The molecule has 1 nitrogen and oxygen atoms in total. The second-order valence-corrected chi connectivity index (χ2v) is 5.41. The Bertz CT molecular complexity index is 413. The molecule has 0 radical (unpaired) electrons. The van der Waals surface area contributed by atoms with Gasteiger partial charge in [-0.15, -0.1) is 0 Å². The molecule has 1 aliphatic carbocycles. The van der Waals surface area contributed by atoms with E-state index < -0.39 is 0 Å². The lowest BCUT2D eigenvalue weighted by molar-refractivity contribution is 0.569. The number of hydrogen-bond acceptors (Lipinski definition) is 1. The van der Waals surface area contributed by atoms with Gasteiger partial charge in [0.05, 0.1) is 10.7 Å². The fourth-order valence-corrected chi connectivity index (χ4v) is 3.27. The highest BCUT2D eigenvalue weighted by atomic mass is 35.5. The van der Waals surface area contributed by atoms with Gasteiger partial charge in [-0.05, 0) is 54.4 Å². The molecule has 2 N–H and O–H groups in total. The molecular formula is C14H20ClN. The second kappa shape index (κ2) is 3.96. The highest BCUT2D eigenvalue weighted by Gasteiger charge is 2.52. The molecule has 1 aromatic carbocycles. The lowest BCUT2D eigenvalue weighted by Crippen LogP contribution is -2.11. The van der Waals surface area contributed by atoms with Crippen LogP contribution in [0.4, 0.5) is 5.69 Å². The van der Waals surface area contributed by atoms with Crippen molar-refractivity contribution in [2.75, 3.05) is 5.73 Å². The lowest BCUT2D eigenvalue weighted by Gasteiger charge is -2.19. The molecule has 1 aliphatic rings. The summed E-state index contributed by atoms with van der Waals surface area (Å²) in [5.41, 5.74) is 9.62. The first-order valence-electron chi connectivity index (χ1n) is 6.11. The Balaban J connectivity index is 2.45. The predicted octanol–water partition coefficient (Wildman–Crippen LogP) is 4.31. The Labute approximate surface area is 103 Å². The zero-order valence-electron chi connectivity index (χ0n) is 10.3. The summed E-state index contributed by atoms with van der Waals surface area (Å²) in [6.07, 6.45) is 3.77. The number of halogens is 1. The summed E-state index contributed by atoms with van der Waals surface area (Å²) in [6, 6.07) is 4.10. The van der Waals surface area contributed by atoms with Crippen LogP contribution in [-0.2, 0) is 5.41 Å². The highest BCUT2D eigenvalue weighted by Crippen LogP contribution is 2.59. The first kappa shape index (κ1) is 11.8. The van der Waals surface area contributed by atoms with Gasteiger partial charge in [-0.3, -0.25) is 0 Å². The van der Waals surface area contributed by atoms with Crippen LogP contribution in [0, 0.1) is 12.8 Å². The Morgan fingerprint density at radius 3 is 2.62 bits per heavy atom. The van der Waals surface area contributed by atoms with E-state index in [1.54, 1.807) is 0 Å². The molecule has 0 saturated heterocycles. The topological polar surface area (TPSA) is 26.0 Å². The standard InChI is InChI=1S/C14H20ClN/c1-4-10-8-14(10,5-2)11-7-12(15)13(16)6-9(11)3/h6-7,10H,4-5,8,16H2,1-3H3. The van der Waals surface area contributed by atoms with E-state index >= 15 is 0 Å². The minimum absolute atomic E-state index is 0.385. The maximum absolute atomic E-state index is 6.14. The first-order chi connectivity index (χ1) is 7.55. The molecule has 0 amide bonds. The molecular weight excluding hydrogens is 218 g/mol. The summed E-state index contributed by atoms with van der Waals surface area (Å²) in [5, 5.41) is 0.704. The van der Waals surface area contributed by atoms with Gasteiger partial charge in [0.1, 0.15) is 0 Å². The second-order valence-electron chi connectivity index (χ2n) is 5.01. The molecule has 0 aliphatic heterocycles. The van der Waals surface area contributed by atoms with Crippen molar-refractivity contribution in [3.05, 3.63) is 28.3 Å². The van der Waals surface area contributed by atoms with Gasteiger partial charge in [0, 0.05) is 0 Å². The molecule has 0 bridgehead atoms. The van der Waals surface area contributed by atoms with Crippen LogP contribution >= 0.6 is 11.6 Å². The maximum atomic E-state index is 6.14. The van der Waals surface area contributed by atoms with Crippen molar-refractivity contribution in [3.63, 3.8) is 0 Å². The smallest absolute Gasteiger partial charge is 0.0638 e. The Morgan fingerprint density at radius 2 is 2.12 bits per heavy atom. The van der Waals surface area contributed by atoms with Gasteiger partial charge in [-0.2, -0.15) is 0 Å². The third-order valence-corrected chi connectivity index (χ3v) is 4.56. The average molecular weight is 238 g/mol. The van der Waals surface area contributed by atoms with E-state index in [-0.39, 0.29) is 0 Å². The van der Waals surface area contributed by atoms with E-state index in [9.17, 15) is 0 Å². The summed E-state index contributed by atoms with van der Waals surface area (Å²) in [4.78, 5) is 0. The van der Waals surface area contributed by atoms with Gasteiger partial charge >= 0.3 is 0 Å². The Hall–Kier alpha value is -0.690. The Morgan fingerprint density at radius 1 is 1.44 bits per heavy atom. The van der Waals surface area contributed by atoms with E-state index in [0.717, 1.165) is 5.92 Å². The number of nitrogens with two attached hydrogens (primary N) is 1. The minimum atomic E-state index is 0.385. The Kier molecular flexibility index (Phi) is 2.91. The number of aryl methyl sites for hydroxylation is 1. The summed E-state index contributed by atoms with van der Waals surface area (Å²) in [6.45, 7) is 6.69. The summed E-state index contributed by atoms with van der Waals surface area (Å²) in [5.74, 6) is 0.830. The number of rotatable bonds is 3. The van der Waals surface area contributed by atoms with E-state index in [4.69, 9.17) is 17.3 Å². The van der Waals surface area contributed by atoms with Gasteiger partial charge < -0.3 is 5.73 Å². The van der Waals surface area contributed by atoms with Gasteiger partial charge in [0.25, 0.3) is 0 Å². The van der Waals surface area contributed by atoms with Gasteiger partial charge in [0.2, 0.25) is 0 Å². The zero-order valence-corrected chi connectivity index (χ0v) is 11.1. The number of nitrogen functional groups attached to an aromatic ring is 1. The van der Waals surface area contributed by atoms with Gasteiger partial charge in [-0.25, -0.2) is 0 Å². The minimum Gasteiger partial charge on any atom is -0.398 e. The van der Waals surface area contributed by atoms with Crippen LogP contribution in [0.2, 0.25) is 5.02 Å². The monoisotopic (exact) mass is 237 g/mol. The van der Waals surface area contributed by atoms with Crippen molar-refractivity contribution < 1.29 is 0 Å². The lowest BCUT2D eigenvalue weighted by atomic mass is 9.86. The third-order valence-electron chi connectivity index (χ3n) is 4.24. The summed E-state index contributed by atoms with van der Waals surface area (Å²) < 4.78 is 0. The molecule has 1 fully saturated rings. The summed E-state index contributed by atoms with van der Waals surface area (Å²) in [7, 11) is 0. The molecule has 2 unspecified atom stereocenters. The van der Waals surface area contributed by atoms with Crippen molar-refractivity contribution in [3.8, 4) is 0 Å². The number of anilines is 1. The largest absolute Gasteiger partial charge is 0.398 e. The first-order valence-corrected chi connectivity index (χ1v) is 6.49. The van der Waals surface area contributed by atoms with Crippen LogP contribution in [0.25, 0.3) is 0 Å². The maximum Gasteiger partial charge on any atom is 0.0638 e. The van der Waals surface area contributed by atoms with Crippen molar-refractivity contribution in [1.29, 1.82) is 0 Å². The molecule has 1 aromatic rings.